The molecule has 144 valence electrons. The molecule has 1 aliphatic rings. The zero-order valence-corrected chi connectivity index (χ0v) is 15.3. The van der Waals surface area contributed by atoms with Gasteiger partial charge < -0.3 is 14.7 Å². The van der Waals surface area contributed by atoms with Crippen molar-refractivity contribution < 1.29 is 22.9 Å². The van der Waals surface area contributed by atoms with E-state index in [1.807, 2.05) is 13.8 Å². The van der Waals surface area contributed by atoms with Crippen LogP contribution in [0.5, 0.6) is 0 Å². The number of amides is 2. The van der Waals surface area contributed by atoms with Crippen LogP contribution >= 0.6 is 0 Å². The first-order chi connectivity index (χ1) is 12.8. The molecule has 0 saturated carbocycles. The number of carbonyl (C=O) groups excluding carboxylic acids is 2. The van der Waals surface area contributed by atoms with Crippen LogP contribution in [0.2, 0.25) is 0 Å². The maximum absolute atomic E-state index is 13.4. The summed E-state index contributed by atoms with van der Waals surface area (Å²) in [5.41, 5.74) is 0.280. The van der Waals surface area contributed by atoms with Gasteiger partial charge in [-0.05, 0) is 37.5 Å². The van der Waals surface area contributed by atoms with Gasteiger partial charge in [0.1, 0.15) is 6.04 Å². The van der Waals surface area contributed by atoms with Crippen molar-refractivity contribution >= 4 is 11.8 Å². The fourth-order valence-electron chi connectivity index (χ4n) is 3.17. The summed E-state index contributed by atoms with van der Waals surface area (Å²) in [6.45, 7) is 6.11. The summed E-state index contributed by atoms with van der Waals surface area (Å²) in [5, 5.41) is 6.67. The van der Waals surface area contributed by atoms with E-state index in [2.05, 4.69) is 10.5 Å². The number of hydrogen-bond acceptors (Lipinski definition) is 4. The Labute approximate surface area is 155 Å². The van der Waals surface area contributed by atoms with Gasteiger partial charge in [0, 0.05) is 24.2 Å². The number of nitrogens with one attached hydrogen (secondary N) is 1. The zero-order valence-electron chi connectivity index (χ0n) is 15.3. The van der Waals surface area contributed by atoms with Gasteiger partial charge in [-0.25, -0.2) is 8.78 Å². The number of aromatic nitrogens is 1. The van der Waals surface area contributed by atoms with E-state index in [1.165, 1.54) is 17.0 Å². The van der Waals surface area contributed by atoms with Gasteiger partial charge in [0.05, 0.1) is 0 Å². The van der Waals surface area contributed by atoms with Crippen molar-refractivity contribution in [3.05, 3.63) is 41.6 Å². The molecule has 1 saturated heterocycles. The number of hydrogen-bond donors (Lipinski definition) is 1. The smallest absolute Gasteiger partial charge is 0.276 e. The van der Waals surface area contributed by atoms with Gasteiger partial charge in [0.2, 0.25) is 5.91 Å². The fourth-order valence-corrected chi connectivity index (χ4v) is 3.17. The maximum atomic E-state index is 13.4. The SMILES string of the molecule is CC(C)CC1CN(C(=O)c2cc(-c3ccc(F)c(F)c3)on2)C(C)C(=O)N1. The second-order valence-electron chi connectivity index (χ2n) is 7.17. The summed E-state index contributed by atoms with van der Waals surface area (Å²) >= 11 is 0. The molecule has 1 aromatic heterocycles. The highest BCUT2D eigenvalue weighted by Gasteiger charge is 2.36. The molecule has 2 atom stereocenters. The van der Waals surface area contributed by atoms with E-state index in [-0.39, 0.29) is 29.0 Å². The Morgan fingerprint density at radius 3 is 2.74 bits per heavy atom. The molecule has 0 bridgehead atoms. The minimum atomic E-state index is -1.02. The van der Waals surface area contributed by atoms with Crippen molar-refractivity contribution in [1.29, 1.82) is 0 Å². The Bertz CT molecular complexity index is 866. The second-order valence-corrected chi connectivity index (χ2v) is 7.17. The van der Waals surface area contributed by atoms with Crippen LogP contribution in [0.25, 0.3) is 11.3 Å². The van der Waals surface area contributed by atoms with Crippen LogP contribution in [0.4, 0.5) is 8.78 Å². The molecule has 0 spiro atoms. The summed E-state index contributed by atoms with van der Waals surface area (Å²) in [6, 6.07) is 3.88. The van der Waals surface area contributed by atoms with E-state index in [0.717, 1.165) is 18.6 Å². The predicted octanol–water partition coefficient (Wildman–Crippen LogP) is 3.00. The number of carbonyl (C=O) groups is 2. The lowest BCUT2D eigenvalue weighted by Gasteiger charge is -2.38. The highest BCUT2D eigenvalue weighted by Crippen LogP contribution is 2.24. The molecule has 0 aliphatic carbocycles. The molecule has 1 fully saturated rings. The van der Waals surface area contributed by atoms with E-state index < -0.39 is 23.6 Å². The Kier molecular flexibility index (Phi) is 5.25. The molecule has 0 radical (unpaired) electrons. The average molecular weight is 377 g/mol. The summed E-state index contributed by atoms with van der Waals surface area (Å²) < 4.78 is 31.6. The second kappa shape index (κ2) is 7.46. The first kappa shape index (κ1) is 19.0. The number of benzene rings is 1. The normalized spacial score (nSPS) is 20.1. The van der Waals surface area contributed by atoms with Crippen LogP contribution in [0.3, 0.4) is 0 Å². The van der Waals surface area contributed by atoms with E-state index in [9.17, 15) is 18.4 Å². The minimum absolute atomic E-state index is 0.0135. The summed E-state index contributed by atoms with van der Waals surface area (Å²) in [7, 11) is 0. The molecule has 2 amide bonds. The van der Waals surface area contributed by atoms with Gasteiger partial charge in [-0.1, -0.05) is 19.0 Å². The van der Waals surface area contributed by atoms with Crippen molar-refractivity contribution in [2.24, 2.45) is 5.92 Å². The van der Waals surface area contributed by atoms with E-state index in [4.69, 9.17) is 4.52 Å². The molecular formula is C19H21F2N3O3. The van der Waals surface area contributed by atoms with Crippen LogP contribution in [-0.4, -0.2) is 40.5 Å². The third kappa shape index (κ3) is 3.99. The maximum Gasteiger partial charge on any atom is 0.276 e. The first-order valence-electron chi connectivity index (χ1n) is 8.79. The van der Waals surface area contributed by atoms with Crippen LogP contribution < -0.4 is 5.32 Å². The summed E-state index contributed by atoms with van der Waals surface area (Å²) in [4.78, 5) is 26.5. The summed E-state index contributed by atoms with van der Waals surface area (Å²) in [6.07, 6.45) is 0.751. The third-order valence-electron chi connectivity index (χ3n) is 4.56. The van der Waals surface area contributed by atoms with Gasteiger partial charge in [-0.3, -0.25) is 9.59 Å². The number of nitrogens with zero attached hydrogens (tertiary/aromatic N) is 2. The van der Waals surface area contributed by atoms with Crippen molar-refractivity contribution in [2.75, 3.05) is 6.54 Å². The molecule has 1 N–H and O–H groups in total. The lowest BCUT2D eigenvalue weighted by molar-refractivity contribution is -0.128. The molecule has 6 nitrogen and oxygen atoms in total. The molecule has 1 aliphatic heterocycles. The number of halogens is 2. The highest BCUT2D eigenvalue weighted by molar-refractivity contribution is 5.97. The lowest BCUT2D eigenvalue weighted by Crippen LogP contribution is -2.60. The van der Waals surface area contributed by atoms with Crippen LogP contribution in [-0.2, 0) is 4.79 Å². The topological polar surface area (TPSA) is 75.4 Å². The van der Waals surface area contributed by atoms with Crippen LogP contribution in [0, 0.1) is 17.6 Å². The predicted molar refractivity (Wildman–Crippen MR) is 93.7 cm³/mol. The summed E-state index contributed by atoms with van der Waals surface area (Å²) in [5.74, 6) is -2.14. The quantitative estimate of drug-likeness (QED) is 0.889. The largest absolute Gasteiger partial charge is 0.355 e. The van der Waals surface area contributed by atoms with Crippen molar-refractivity contribution in [3.63, 3.8) is 0 Å². The molecule has 2 heterocycles. The standard InChI is InChI=1S/C19H21F2N3O3/c1-10(2)6-13-9-24(11(3)18(25)22-13)19(26)16-8-17(27-23-16)12-4-5-14(20)15(21)7-12/h4-5,7-8,10-11,13H,6,9H2,1-3H3,(H,22,25). The molecule has 1 aromatic carbocycles. The van der Waals surface area contributed by atoms with E-state index >= 15 is 0 Å². The molecule has 2 unspecified atom stereocenters. The first-order valence-corrected chi connectivity index (χ1v) is 8.79. The van der Waals surface area contributed by atoms with E-state index in [0.29, 0.717) is 12.5 Å². The monoisotopic (exact) mass is 377 g/mol. The molecule has 27 heavy (non-hydrogen) atoms. The van der Waals surface area contributed by atoms with E-state index in [1.54, 1.807) is 6.92 Å². The Morgan fingerprint density at radius 2 is 2.07 bits per heavy atom. The van der Waals surface area contributed by atoms with Crippen LogP contribution in [0.1, 0.15) is 37.7 Å². The van der Waals surface area contributed by atoms with Gasteiger partial charge in [0.15, 0.2) is 23.1 Å². The zero-order chi connectivity index (χ0) is 19.7. The Balaban J connectivity index is 1.81. The van der Waals surface area contributed by atoms with Crippen molar-refractivity contribution in [2.45, 2.75) is 39.3 Å². The van der Waals surface area contributed by atoms with Gasteiger partial charge in [0.25, 0.3) is 5.91 Å². The highest BCUT2D eigenvalue weighted by atomic mass is 19.2. The van der Waals surface area contributed by atoms with Gasteiger partial charge >= 0.3 is 0 Å². The van der Waals surface area contributed by atoms with Crippen LogP contribution in [0.15, 0.2) is 28.8 Å². The fraction of sp³-hybridized carbons (Fsp3) is 0.421. The Hall–Kier alpha value is -2.77. The van der Waals surface area contributed by atoms with Crippen molar-refractivity contribution in [1.82, 2.24) is 15.4 Å². The van der Waals surface area contributed by atoms with Gasteiger partial charge in [-0.2, -0.15) is 0 Å². The Morgan fingerprint density at radius 1 is 1.33 bits per heavy atom. The molecular weight excluding hydrogens is 356 g/mol. The molecule has 8 heteroatoms. The molecule has 3 rings (SSSR count). The van der Waals surface area contributed by atoms with Gasteiger partial charge in [-0.15, -0.1) is 0 Å². The number of piperazine rings is 1. The van der Waals surface area contributed by atoms with Crippen molar-refractivity contribution in [3.8, 4) is 11.3 Å². The average Bonchev–Trinajstić information content (AvgIpc) is 3.09. The minimum Gasteiger partial charge on any atom is -0.355 e. The molecule has 2 aromatic rings. The lowest BCUT2D eigenvalue weighted by atomic mass is 9.99. The third-order valence-corrected chi connectivity index (χ3v) is 4.56. The number of rotatable bonds is 4.